The minimum atomic E-state index is 0.146. The van der Waals surface area contributed by atoms with Gasteiger partial charge < -0.3 is 0 Å². The molecular formula is C15H31N. The number of allylic oxidation sites excluding steroid dienone is 1. The van der Waals surface area contributed by atoms with E-state index in [4.69, 9.17) is 0 Å². The first-order chi connectivity index (χ1) is 7.08. The molecule has 0 radical (unpaired) electrons. The van der Waals surface area contributed by atoms with Crippen molar-refractivity contribution in [2.45, 2.75) is 79.8 Å². The summed E-state index contributed by atoms with van der Waals surface area (Å²) in [6.07, 6.45) is 1.15. The Morgan fingerprint density at radius 3 is 1.62 bits per heavy atom. The van der Waals surface area contributed by atoms with Crippen molar-refractivity contribution in [2.75, 3.05) is 6.54 Å². The van der Waals surface area contributed by atoms with Crippen molar-refractivity contribution in [3.8, 4) is 0 Å². The lowest BCUT2D eigenvalue weighted by Crippen LogP contribution is -2.54. The molecule has 0 unspecified atom stereocenters. The van der Waals surface area contributed by atoms with E-state index in [2.05, 4.69) is 67.2 Å². The third-order valence-electron chi connectivity index (χ3n) is 3.89. The summed E-state index contributed by atoms with van der Waals surface area (Å²) in [4.78, 5) is 2.58. The highest BCUT2D eigenvalue weighted by Gasteiger charge is 2.35. The number of likely N-dealkylation sites (N-methyl/N-ethyl adjacent to an activating group) is 1. The molecule has 0 fully saturated rings. The maximum absolute atomic E-state index is 2.58. The summed E-state index contributed by atoms with van der Waals surface area (Å²) in [6.45, 7) is 21.7. The van der Waals surface area contributed by atoms with Crippen molar-refractivity contribution >= 4 is 0 Å². The first-order valence-electron chi connectivity index (χ1n) is 6.53. The summed E-state index contributed by atoms with van der Waals surface area (Å²) in [7, 11) is 0. The predicted molar refractivity (Wildman–Crippen MR) is 74.9 cm³/mol. The summed E-state index contributed by atoms with van der Waals surface area (Å²) < 4.78 is 0. The van der Waals surface area contributed by atoms with Crippen molar-refractivity contribution in [2.24, 2.45) is 0 Å². The van der Waals surface area contributed by atoms with E-state index in [-0.39, 0.29) is 11.1 Å². The zero-order chi connectivity index (χ0) is 13.1. The molecule has 0 bridgehead atoms. The van der Waals surface area contributed by atoms with Gasteiger partial charge in [-0.1, -0.05) is 25.0 Å². The lowest BCUT2D eigenvalue weighted by Gasteiger charge is -2.48. The molecule has 96 valence electrons. The lowest BCUT2D eigenvalue weighted by atomic mass is 9.85. The van der Waals surface area contributed by atoms with Crippen LogP contribution in [0.25, 0.3) is 0 Å². The minimum Gasteiger partial charge on any atom is -0.290 e. The molecular weight excluding hydrogens is 194 g/mol. The molecule has 0 spiro atoms. The Hall–Kier alpha value is -0.300. The molecule has 0 N–H and O–H groups in total. The fourth-order valence-electron chi connectivity index (χ4n) is 2.70. The van der Waals surface area contributed by atoms with Crippen LogP contribution >= 0.6 is 0 Å². The van der Waals surface area contributed by atoms with Crippen LogP contribution in [-0.4, -0.2) is 22.5 Å². The first-order valence-corrected chi connectivity index (χ1v) is 6.53. The average Bonchev–Trinajstić information content (AvgIpc) is 2.13. The second-order valence-corrected chi connectivity index (χ2v) is 6.23. The summed E-state index contributed by atoms with van der Waals surface area (Å²) in [5.41, 5.74) is 3.40. The van der Waals surface area contributed by atoms with E-state index in [1.165, 1.54) is 11.1 Å². The molecule has 0 aliphatic carbocycles. The monoisotopic (exact) mass is 225 g/mol. The van der Waals surface area contributed by atoms with E-state index in [0.717, 1.165) is 13.0 Å². The third-order valence-corrected chi connectivity index (χ3v) is 3.89. The van der Waals surface area contributed by atoms with Gasteiger partial charge >= 0.3 is 0 Å². The summed E-state index contributed by atoms with van der Waals surface area (Å²) in [6, 6.07) is 0. The van der Waals surface area contributed by atoms with Gasteiger partial charge in [-0.3, -0.25) is 4.90 Å². The van der Waals surface area contributed by atoms with Gasteiger partial charge in [0.2, 0.25) is 0 Å². The normalized spacial score (nSPS) is 15.4. The van der Waals surface area contributed by atoms with E-state index in [1.54, 1.807) is 0 Å². The number of hydrogen-bond acceptors (Lipinski definition) is 1. The van der Waals surface area contributed by atoms with E-state index in [1.807, 2.05) is 0 Å². The van der Waals surface area contributed by atoms with Crippen LogP contribution in [0.2, 0.25) is 0 Å². The Morgan fingerprint density at radius 1 is 0.938 bits per heavy atom. The van der Waals surface area contributed by atoms with E-state index in [0.29, 0.717) is 0 Å². The van der Waals surface area contributed by atoms with Crippen LogP contribution in [-0.2, 0) is 0 Å². The van der Waals surface area contributed by atoms with Gasteiger partial charge in [-0.2, -0.15) is 0 Å². The quantitative estimate of drug-likeness (QED) is 0.630. The van der Waals surface area contributed by atoms with Gasteiger partial charge in [-0.15, -0.1) is 0 Å². The Morgan fingerprint density at radius 2 is 1.38 bits per heavy atom. The highest BCUT2D eigenvalue weighted by atomic mass is 15.2. The Balaban J connectivity index is 5.32. The second kappa shape index (κ2) is 5.35. The largest absolute Gasteiger partial charge is 0.290 e. The molecule has 0 aromatic rings. The second-order valence-electron chi connectivity index (χ2n) is 6.23. The highest BCUT2D eigenvalue weighted by molar-refractivity contribution is 5.22. The number of rotatable bonds is 4. The Kier molecular flexibility index (Phi) is 5.25. The Bertz CT molecular complexity index is 253. The van der Waals surface area contributed by atoms with E-state index in [9.17, 15) is 0 Å². The van der Waals surface area contributed by atoms with Crippen LogP contribution < -0.4 is 0 Å². The van der Waals surface area contributed by atoms with Crippen molar-refractivity contribution < 1.29 is 0 Å². The van der Waals surface area contributed by atoms with Crippen LogP contribution in [0.15, 0.2) is 11.1 Å². The van der Waals surface area contributed by atoms with Crippen LogP contribution in [0.1, 0.15) is 68.7 Å². The van der Waals surface area contributed by atoms with Crippen molar-refractivity contribution in [3.05, 3.63) is 11.1 Å². The molecule has 0 aromatic heterocycles. The molecule has 1 heteroatoms. The van der Waals surface area contributed by atoms with Crippen LogP contribution in [0.4, 0.5) is 0 Å². The van der Waals surface area contributed by atoms with Crippen LogP contribution in [0, 0.1) is 0 Å². The predicted octanol–water partition coefficient (Wildman–Crippen LogP) is 4.63. The van der Waals surface area contributed by atoms with E-state index < -0.39 is 0 Å². The van der Waals surface area contributed by atoms with Gasteiger partial charge in [0.05, 0.1) is 0 Å². The van der Waals surface area contributed by atoms with Crippen molar-refractivity contribution in [3.63, 3.8) is 0 Å². The van der Waals surface area contributed by atoms with Gasteiger partial charge in [-0.05, 0) is 61.4 Å². The molecule has 0 saturated heterocycles. The molecule has 1 nitrogen and oxygen atoms in total. The maximum atomic E-state index is 2.58. The topological polar surface area (TPSA) is 3.24 Å². The van der Waals surface area contributed by atoms with Gasteiger partial charge in [0.15, 0.2) is 0 Å². The van der Waals surface area contributed by atoms with Gasteiger partial charge in [-0.25, -0.2) is 0 Å². The van der Waals surface area contributed by atoms with Gasteiger partial charge in [0.1, 0.15) is 0 Å². The molecule has 0 atom stereocenters. The summed E-state index contributed by atoms with van der Waals surface area (Å²) >= 11 is 0. The third kappa shape index (κ3) is 3.35. The zero-order valence-corrected chi connectivity index (χ0v) is 12.9. The van der Waals surface area contributed by atoms with Crippen molar-refractivity contribution in [1.29, 1.82) is 0 Å². The smallest absolute Gasteiger partial charge is 0.0369 e. The number of nitrogens with zero attached hydrogens (tertiary/aromatic N) is 1. The van der Waals surface area contributed by atoms with Gasteiger partial charge in [0, 0.05) is 11.1 Å². The SMILES string of the molecule is CC/C(C)=C(/C)C(C)(C)N(CC)C(C)(C)C. The van der Waals surface area contributed by atoms with Crippen LogP contribution in [0.3, 0.4) is 0 Å². The van der Waals surface area contributed by atoms with Gasteiger partial charge in [0.25, 0.3) is 0 Å². The van der Waals surface area contributed by atoms with Crippen LogP contribution in [0.5, 0.6) is 0 Å². The zero-order valence-electron chi connectivity index (χ0n) is 12.9. The summed E-state index contributed by atoms with van der Waals surface area (Å²) in [5, 5.41) is 0. The fraction of sp³-hybridized carbons (Fsp3) is 0.867. The molecule has 0 rings (SSSR count). The molecule has 0 aliphatic rings. The minimum absolute atomic E-state index is 0.146. The summed E-state index contributed by atoms with van der Waals surface area (Å²) in [5.74, 6) is 0. The van der Waals surface area contributed by atoms with E-state index >= 15 is 0 Å². The van der Waals surface area contributed by atoms with Crippen molar-refractivity contribution in [1.82, 2.24) is 4.90 Å². The fourth-order valence-corrected chi connectivity index (χ4v) is 2.70. The molecule has 0 heterocycles. The molecule has 0 saturated carbocycles. The number of hydrogen-bond donors (Lipinski definition) is 0. The molecule has 0 amide bonds. The lowest BCUT2D eigenvalue weighted by molar-refractivity contribution is 0.0547. The highest BCUT2D eigenvalue weighted by Crippen LogP contribution is 2.32. The molecule has 0 aromatic carbocycles. The molecule has 0 aliphatic heterocycles. The Labute approximate surface area is 103 Å². The average molecular weight is 225 g/mol. The maximum Gasteiger partial charge on any atom is 0.0369 e. The first kappa shape index (κ1) is 15.7. The molecule has 16 heavy (non-hydrogen) atoms. The standard InChI is InChI=1S/C15H31N/c1-10-12(3)13(4)15(8,9)16(11-2)14(5,6)7/h10-11H2,1-9H3/b13-12-.